The molecule has 0 N–H and O–H groups in total. The van der Waals surface area contributed by atoms with E-state index in [1.54, 1.807) is 6.20 Å². The maximum absolute atomic E-state index is 12.5. The van der Waals surface area contributed by atoms with Gasteiger partial charge in [0.1, 0.15) is 20.3 Å². The maximum Gasteiger partial charge on any atom is 0.419 e. The number of benzene rings is 1. The molecule has 0 unspecified atom stereocenters. The highest BCUT2D eigenvalue weighted by Crippen LogP contribution is 2.23. The fraction of sp³-hybridized carbons (Fsp3) is 0.400. The fourth-order valence-electron chi connectivity index (χ4n) is 2.25. The summed E-state index contributed by atoms with van der Waals surface area (Å²) in [4.78, 5) is 24.3. The summed E-state index contributed by atoms with van der Waals surface area (Å²) in [6, 6.07) is 7.43. The van der Waals surface area contributed by atoms with E-state index < -0.39 is 25.7 Å². The Kier molecular flexibility index (Phi) is 5.62. The van der Waals surface area contributed by atoms with E-state index in [0.717, 1.165) is 10.9 Å². The largest absolute Gasteiger partial charge is 0.451 e. The number of rotatable bonds is 2. The average Bonchev–Trinajstić information content (AvgIpc) is 2.88. The summed E-state index contributed by atoms with van der Waals surface area (Å²) in [5, 5.41) is 0.837. The van der Waals surface area contributed by atoms with Crippen molar-refractivity contribution in [3.05, 3.63) is 36.0 Å². The molecule has 6 heteroatoms. The van der Waals surface area contributed by atoms with Crippen molar-refractivity contribution in [2.24, 2.45) is 0 Å². The first-order chi connectivity index (χ1) is 12.0. The summed E-state index contributed by atoms with van der Waals surface area (Å²) in [5.74, 6) is 2.00. The Bertz CT molecular complexity index is 888. The van der Waals surface area contributed by atoms with Crippen LogP contribution in [0.3, 0.4) is 0 Å². The minimum Gasteiger partial charge on any atom is -0.451 e. The lowest BCUT2D eigenvalue weighted by Crippen LogP contribution is -2.26. The van der Waals surface area contributed by atoms with E-state index in [2.05, 4.69) is 31.1 Å². The molecule has 0 spiro atoms. The molecule has 1 aromatic carbocycles. The van der Waals surface area contributed by atoms with Crippen molar-refractivity contribution in [1.29, 1.82) is 0 Å². The van der Waals surface area contributed by atoms with Gasteiger partial charge in [-0.2, -0.15) is 0 Å². The molecule has 0 amide bonds. The summed E-state index contributed by atoms with van der Waals surface area (Å²) in [6.45, 7) is 11.7. The van der Waals surface area contributed by atoms with Gasteiger partial charge in [-0.1, -0.05) is 37.8 Å². The topological polar surface area (TPSA) is 57.5 Å². The van der Waals surface area contributed by atoms with E-state index in [1.165, 1.54) is 4.57 Å². The Labute approximate surface area is 155 Å². The number of hydrogen-bond acceptors (Lipinski definition) is 4. The summed E-state index contributed by atoms with van der Waals surface area (Å²) in [7, 11) is -1.63. The second-order valence-corrected chi connectivity index (χ2v) is 12.8. The van der Waals surface area contributed by atoms with Gasteiger partial charge in [0, 0.05) is 23.1 Å². The van der Waals surface area contributed by atoms with Crippen molar-refractivity contribution in [2.75, 3.05) is 0 Å². The molecule has 0 saturated heterocycles. The lowest BCUT2D eigenvalue weighted by molar-refractivity contribution is -0.137. The number of aromatic nitrogens is 1. The Morgan fingerprint density at radius 1 is 1.15 bits per heavy atom. The minimum atomic E-state index is -1.63. The highest BCUT2D eigenvalue weighted by molar-refractivity contribution is 6.84. The van der Waals surface area contributed by atoms with Crippen molar-refractivity contribution in [2.45, 2.75) is 52.6 Å². The first-order valence-corrected chi connectivity index (χ1v) is 12.0. The minimum absolute atomic E-state index is 0.0511. The van der Waals surface area contributed by atoms with Crippen molar-refractivity contribution in [1.82, 2.24) is 4.57 Å². The summed E-state index contributed by atoms with van der Waals surface area (Å²) in [6.07, 6.45) is 1.18. The number of nitrogens with zero attached hydrogens (tertiary/aromatic N) is 1. The van der Waals surface area contributed by atoms with Gasteiger partial charge in [-0.05, 0) is 26.8 Å². The molecule has 0 fully saturated rings. The van der Waals surface area contributed by atoms with Crippen LogP contribution in [-0.2, 0) is 20.9 Å². The molecule has 5 nitrogen and oxygen atoms in total. The Morgan fingerprint density at radius 2 is 1.81 bits per heavy atom. The molecular weight excluding hydrogens is 346 g/mol. The van der Waals surface area contributed by atoms with Crippen molar-refractivity contribution in [3.63, 3.8) is 0 Å². The highest BCUT2D eigenvalue weighted by Gasteiger charge is 2.21. The first-order valence-electron chi connectivity index (χ1n) is 8.48. The molecule has 1 heterocycles. The molecule has 0 aliphatic heterocycles. The molecule has 0 bridgehead atoms. The zero-order chi connectivity index (χ0) is 19.5. The summed E-state index contributed by atoms with van der Waals surface area (Å²) in [5.41, 5.74) is 3.82. The smallest absolute Gasteiger partial charge is 0.419 e. The van der Waals surface area contributed by atoms with E-state index >= 15 is 0 Å². The van der Waals surface area contributed by atoms with Crippen LogP contribution in [0.1, 0.15) is 26.3 Å². The molecule has 138 valence electrons. The normalized spacial score (nSPS) is 11.6. The molecular formula is C20H25NO4Si. The number of esters is 1. The monoisotopic (exact) mass is 371 g/mol. The number of fused-ring (bicyclic) bond motifs is 1. The van der Waals surface area contributed by atoms with Crippen LogP contribution in [0.4, 0.5) is 4.79 Å². The zero-order valence-electron chi connectivity index (χ0n) is 16.2. The predicted octanol–water partition coefficient (Wildman–Crippen LogP) is 4.35. The van der Waals surface area contributed by atoms with E-state index in [9.17, 15) is 9.59 Å². The zero-order valence-corrected chi connectivity index (χ0v) is 17.2. The van der Waals surface area contributed by atoms with Crippen LogP contribution in [0.5, 0.6) is 0 Å². The standard InChI is InChI=1S/C20H25NO4Si/c1-20(2,3)25-19(23)21-13-15(16-9-7-8-10-17(16)21)14-24-18(22)11-12-26(4,5)6/h7-10,13H,14H2,1-6H3. The Hall–Kier alpha value is -2.52. The van der Waals surface area contributed by atoms with Gasteiger partial charge in [-0.25, -0.2) is 9.59 Å². The van der Waals surface area contributed by atoms with Crippen LogP contribution < -0.4 is 0 Å². The molecule has 0 radical (unpaired) electrons. The van der Waals surface area contributed by atoms with Gasteiger partial charge in [0.25, 0.3) is 0 Å². The van der Waals surface area contributed by atoms with Gasteiger partial charge in [0.05, 0.1) is 5.52 Å². The van der Waals surface area contributed by atoms with E-state index in [1.807, 2.05) is 45.0 Å². The second-order valence-electron chi connectivity index (χ2n) is 8.10. The van der Waals surface area contributed by atoms with Crippen LogP contribution in [0, 0.1) is 11.5 Å². The highest BCUT2D eigenvalue weighted by atomic mass is 28.3. The predicted molar refractivity (Wildman–Crippen MR) is 104 cm³/mol. The van der Waals surface area contributed by atoms with Crippen molar-refractivity contribution >= 4 is 31.0 Å². The number of hydrogen-bond donors (Lipinski definition) is 0. The molecule has 1 aromatic heterocycles. The number of ether oxygens (including phenoxy) is 2. The second kappa shape index (κ2) is 7.38. The van der Waals surface area contributed by atoms with Crippen LogP contribution >= 0.6 is 0 Å². The SMILES string of the molecule is CC(C)(C)OC(=O)n1cc(COC(=O)C#C[Si](C)(C)C)c2ccccc21. The summed E-state index contributed by atoms with van der Waals surface area (Å²) >= 11 is 0. The quantitative estimate of drug-likeness (QED) is 0.447. The molecule has 26 heavy (non-hydrogen) atoms. The third kappa shape index (κ3) is 5.50. The van der Waals surface area contributed by atoms with Gasteiger partial charge >= 0.3 is 12.1 Å². The maximum atomic E-state index is 12.5. The fourth-order valence-corrected chi connectivity index (χ4v) is 2.72. The summed E-state index contributed by atoms with van der Waals surface area (Å²) < 4.78 is 12.2. The van der Waals surface area contributed by atoms with E-state index in [-0.39, 0.29) is 6.61 Å². The van der Waals surface area contributed by atoms with E-state index in [4.69, 9.17) is 9.47 Å². The van der Waals surface area contributed by atoms with Crippen LogP contribution in [0.25, 0.3) is 10.9 Å². The average molecular weight is 372 g/mol. The van der Waals surface area contributed by atoms with Crippen molar-refractivity contribution in [3.8, 4) is 11.5 Å². The third-order valence-corrected chi connectivity index (χ3v) is 4.16. The van der Waals surface area contributed by atoms with Gasteiger partial charge < -0.3 is 9.47 Å². The van der Waals surface area contributed by atoms with Crippen molar-refractivity contribution < 1.29 is 19.1 Å². The number of para-hydroxylation sites is 1. The van der Waals surface area contributed by atoms with Crippen LogP contribution in [0.2, 0.25) is 19.6 Å². The van der Waals surface area contributed by atoms with Gasteiger partial charge in [-0.15, -0.1) is 5.54 Å². The molecule has 0 aliphatic rings. The third-order valence-electron chi connectivity index (χ3n) is 3.28. The van der Waals surface area contributed by atoms with Gasteiger partial charge in [-0.3, -0.25) is 4.57 Å². The van der Waals surface area contributed by atoms with Gasteiger partial charge in [0.15, 0.2) is 0 Å². The molecule has 0 atom stereocenters. The molecule has 0 aliphatic carbocycles. The van der Waals surface area contributed by atoms with Gasteiger partial charge in [0.2, 0.25) is 0 Å². The lowest BCUT2D eigenvalue weighted by atomic mass is 10.2. The Balaban J connectivity index is 2.25. The van der Waals surface area contributed by atoms with E-state index in [0.29, 0.717) is 5.52 Å². The van der Waals surface area contributed by atoms with Crippen LogP contribution in [0.15, 0.2) is 30.5 Å². The Morgan fingerprint density at radius 3 is 2.42 bits per heavy atom. The molecule has 2 rings (SSSR count). The first kappa shape index (κ1) is 19.8. The number of carbonyl (C=O) groups is 2. The lowest BCUT2D eigenvalue weighted by Gasteiger charge is -2.19. The molecule has 2 aromatic rings. The van der Waals surface area contributed by atoms with Crippen LogP contribution in [-0.4, -0.2) is 30.3 Å². The number of carbonyl (C=O) groups excluding carboxylic acids is 2. The molecule has 0 saturated carbocycles.